The quantitative estimate of drug-likeness (QED) is 0.502. The summed E-state index contributed by atoms with van der Waals surface area (Å²) in [6.45, 7) is 8.90. The zero-order chi connectivity index (χ0) is 26.4. The maximum Gasteiger partial charge on any atom is 0.406 e. The van der Waals surface area contributed by atoms with Crippen molar-refractivity contribution < 1.29 is 19.1 Å². The van der Waals surface area contributed by atoms with Gasteiger partial charge in [0.15, 0.2) is 0 Å². The highest BCUT2D eigenvalue weighted by atomic mass is 16.5. The van der Waals surface area contributed by atoms with Crippen LogP contribution >= 0.6 is 0 Å². The Balaban J connectivity index is 1.47. The fraction of sp³-hybridized carbons (Fsp3) is 0.750. The van der Waals surface area contributed by atoms with Crippen LogP contribution in [0.3, 0.4) is 0 Å². The van der Waals surface area contributed by atoms with Crippen molar-refractivity contribution in [2.45, 2.75) is 78.0 Å². The fourth-order valence-electron chi connectivity index (χ4n) is 5.74. The van der Waals surface area contributed by atoms with Gasteiger partial charge in [-0.15, -0.1) is 0 Å². The molecule has 4 rings (SSSR count). The number of methoxy groups -OCH3 is 1. The van der Waals surface area contributed by atoms with Gasteiger partial charge in [0.25, 0.3) is 0 Å². The second kappa shape index (κ2) is 12.4. The molecule has 2 amide bonds. The predicted octanol–water partition coefficient (Wildman–Crippen LogP) is 4.20. The summed E-state index contributed by atoms with van der Waals surface area (Å²) in [6.07, 6.45) is 11.8. The Morgan fingerprint density at radius 3 is 2.86 bits per heavy atom. The van der Waals surface area contributed by atoms with E-state index in [1.165, 1.54) is 12.7 Å². The third-order valence-electron chi connectivity index (χ3n) is 8.14. The van der Waals surface area contributed by atoms with E-state index in [9.17, 15) is 9.59 Å². The molecule has 0 bridgehead atoms. The summed E-state index contributed by atoms with van der Waals surface area (Å²) in [7, 11) is 3.42. The van der Waals surface area contributed by atoms with Crippen LogP contribution in [0.2, 0.25) is 0 Å². The molecule has 1 aromatic heterocycles. The van der Waals surface area contributed by atoms with E-state index in [2.05, 4.69) is 46.0 Å². The SMILES string of the molecule is COC(=O)NCCN(C)Cc1cn(C2CCCCO2)nc1C1=CCC2(CC1)CCN(CCC(C)C)C2=O. The summed E-state index contributed by atoms with van der Waals surface area (Å²) in [5.74, 6) is 0.959. The lowest BCUT2D eigenvalue weighted by Crippen LogP contribution is -2.36. The summed E-state index contributed by atoms with van der Waals surface area (Å²) in [5, 5.41) is 7.79. The van der Waals surface area contributed by atoms with Gasteiger partial charge in [-0.25, -0.2) is 9.48 Å². The standard InChI is InChI=1S/C28H45N5O4/c1-21(2)10-15-32-16-13-28(26(32)34)11-8-22(9-12-28)25-23(19-31(3)17-14-29-27(35)36-4)20-33(30-25)24-7-5-6-18-37-24/h8,20-21,24H,5-7,9-19H2,1-4H3,(H,29,35). The van der Waals surface area contributed by atoms with Crippen LogP contribution in [0, 0.1) is 11.3 Å². The minimum atomic E-state index is -0.415. The van der Waals surface area contributed by atoms with Crippen molar-refractivity contribution in [3.8, 4) is 0 Å². The molecular formula is C28H45N5O4. The molecule has 0 radical (unpaired) electrons. The Labute approximate surface area is 221 Å². The molecule has 1 N–H and O–H groups in total. The number of aromatic nitrogens is 2. The van der Waals surface area contributed by atoms with Crippen molar-refractivity contribution in [3.63, 3.8) is 0 Å². The van der Waals surface area contributed by atoms with E-state index in [1.807, 2.05) is 11.7 Å². The van der Waals surface area contributed by atoms with Gasteiger partial charge in [0, 0.05) is 51.1 Å². The molecule has 1 aromatic rings. The average molecular weight is 516 g/mol. The van der Waals surface area contributed by atoms with Crippen LogP contribution < -0.4 is 5.32 Å². The smallest absolute Gasteiger partial charge is 0.406 e. The van der Waals surface area contributed by atoms with E-state index in [0.29, 0.717) is 24.9 Å². The number of hydrogen-bond acceptors (Lipinski definition) is 6. The molecule has 2 aliphatic heterocycles. The van der Waals surface area contributed by atoms with E-state index in [4.69, 9.17) is 9.84 Å². The molecule has 37 heavy (non-hydrogen) atoms. The molecule has 3 aliphatic rings. The number of carbonyl (C=O) groups excluding carboxylic acids is 2. The van der Waals surface area contributed by atoms with Gasteiger partial charge in [-0.3, -0.25) is 4.79 Å². The summed E-state index contributed by atoms with van der Waals surface area (Å²) >= 11 is 0. The van der Waals surface area contributed by atoms with Crippen molar-refractivity contribution in [3.05, 3.63) is 23.5 Å². The number of likely N-dealkylation sites (N-methyl/N-ethyl adjacent to an activating group) is 1. The van der Waals surface area contributed by atoms with E-state index in [0.717, 1.165) is 88.9 Å². The van der Waals surface area contributed by atoms with Crippen LogP contribution in [0.5, 0.6) is 0 Å². The highest BCUT2D eigenvalue weighted by Gasteiger charge is 2.46. The topological polar surface area (TPSA) is 88.9 Å². The maximum atomic E-state index is 13.3. The Bertz CT molecular complexity index is 968. The lowest BCUT2D eigenvalue weighted by atomic mass is 9.73. The highest BCUT2D eigenvalue weighted by Crippen LogP contribution is 2.46. The predicted molar refractivity (Wildman–Crippen MR) is 143 cm³/mol. The zero-order valence-electron chi connectivity index (χ0n) is 23.1. The molecule has 1 spiro atoms. The normalized spacial score (nSPS) is 24.3. The highest BCUT2D eigenvalue weighted by molar-refractivity contribution is 5.86. The molecular weight excluding hydrogens is 470 g/mol. The third kappa shape index (κ3) is 6.74. The number of ether oxygens (including phenoxy) is 2. The molecule has 2 unspecified atom stereocenters. The molecule has 9 heteroatoms. The molecule has 9 nitrogen and oxygen atoms in total. The fourth-order valence-corrected chi connectivity index (χ4v) is 5.74. The number of nitrogens with one attached hydrogen (secondary N) is 1. The number of nitrogens with zero attached hydrogens (tertiary/aromatic N) is 4. The summed E-state index contributed by atoms with van der Waals surface area (Å²) in [6, 6.07) is 0. The minimum Gasteiger partial charge on any atom is -0.453 e. The first-order valence-electron chi connectivity index (χ1n) is 14.0. The van der Waals surface area contributed by atoms with E-state index in [-0.39, 0.29) is 11.6 Å². The largest absolute Gasteiger partial charge is 0.453 e. The average Bonchev–Trinajstić information content (AvgIpc) is 3.45. The number of amides is 2. The van der Waals surface area contributed by atoms with Crippen molar-refractivity contribution in [2.75, 3.05) is 46.9 Å². The lowest BCUT2D eigenvalue weighted by Gasteiger charge is -2.31. The Morgan fingerprint density at radius 2 is 2.19 bits per heavy atom. The molecule has 2 atom stereocenters. The Morgan fingerprint density at radius 1 is 1.35 bits per heavy atom. The zero-order valence-corrected chi connectivity index (χ0v) is 23.1. The van der Waals surface area contributed by atoms with E-state index < -0.39 is 6.09 Å². The molecule has 0 saturated carbocycles. The van der Waals surface area contributed by atoms with Crippen molar-refractivity contribution in [1.82, 2.24) is 24.9 Å². The summed E-state index contributed by atoms with van der Waals surface area (Å²) in [4.78, 5) is 29.0. The monoisotopic (exact) mass is 515 g/mol. The van der Waals surface area contributed by atoms with Crippen molar-refractivity contribution in [1.29, 1.82) is 0 Å². The van der Waals surface area contributed by atoms with Crippen LogP contribution in [0.25, 0.3) is 5.57 Å². The summed E-state index contributed by atoms with van der Waals surface area (Å²) < 4.78 is 12.7. The number of likely N-dealkylation sites (tertiary alicyclic amines) is 1. The first-order valence-corrected chi connectivity index (χ1v) is 14.0. The summed E-state index contributed by atoms with van der Waals surface area (Å²) in [5.41, 5.74) is 3.20. The molecule has 2 fully saturated rings. The van der Waals surface area contributed by atoms with Gasteiger partial charge in [-0.1, -0.05) is 19.9 Å². The van der Waals surface area contributed by atoms with Crippen LogP contribution in [0.1, 0.15) is 82.7 Å². The van der Waals surface area contributed by atoms with E-state index >= 15 is 0 Å². The van der Waals surface area contributed by atoms with Gasteiger partial charge < -0.3 is 24.6 Å². The number of carbonyl (C=O) groups is 2. The van der Waals surface area contributed by atoms with Crippen molar-refractivity contribution >= 4 is 17.6 Å². The lowest BCUT2D eigenvalue weighted by molar-refractivity contribution is -0.136. The molecule has 0 aromatic carbocycles. The number of rotatable bonds is 10. The maximum absolute atomic E-state index is 13.3. The number of hydrogen-bond donors (Lipinski definition) is 1. The van der Waals surface area contributed by atoms with Gasteiger partial charge >= 0.3 is 6.09 Å². The number of alkyl carbamates (subject to hydrolysis) is 1. The second-order valence-electron chi connectivity index (χ2n) is 11.4. The van der Waals surface area contributed by atoms with Crippen LogP contribution in [-0.2, 0) is 20.8 Å². The Hall–Kier alpha value is -2.39. The Kier molecular flexibility index (Phi) is 9.29. The van der Waals surface area contributed by atoms with Gasteiger partial charge in [0.2, 0.25) is 5.91 Å². The van der Waals surface area contributed by atoms with Gasteiger partial charge in [0.1, 0.15) is 6.23 Å². The van der Waals surface area contributed by atoms with Crippen molar-refractivity contribution in [2.24, 2.45) is 11.3 Å². The first-order chi connectivity index (χ1) is 17.8. The van der Waals surface area contributed by atoms with Crippen LogP contribution in [0.4, 0.5) is 4.79 Å². The van der Waals surface area contributed by atoms with Crippen LogP contribution in [0.15, 0.2) is 12.3 Å². The molecule has 1 aliphatic carbocycles. The third-order valence-corrected chi connectivity index (χ3v) is 8.14. The molecule has 2 saturated heterocycles. The van der Waals surface area contributed by atoms with E-state index in [1.54, 1.807) is 0 Å². The van der Waals surface area contributed by atoms with Gasteiger partial charge in [0.05, 0.1) is 18.2 Å². The van der Waals surface area contributed by atoms with Gasteiger partial charge in [-0.05, 0) is 69.9 Å². The number of allylic oxidation sites excluding steroid dienone is 2. The van der Waals surface area contributed by atoms with Crippen LogP contribution in [-0.4, -0.2) is 78.5 Å². The second-order valence-corrected chi connectivity index (χ2v) is 11.4. The van der Waals surface area contributed by atoms with Gasteiger partial charge in [-0.2, -0.15) is 5.10 Å². The molecule has 3 heterocycles. The minimum absolute atomic E-state index is 0.0194. The first kappa shape index (κ1) is 27.6. The molecule has 206 valence electrons.